The monoisotopic (exact) mass is 365 g/mol. The maximum atomic E-state index is 11.8. The minimum absolute atomic E-state index is 0.0518. The fourth-order valence-corrected chi connectivity index (χ4v) is 2.84. The van der Waals surface area contributed by atoms with Gasteiger partial charge in [0.05, 0.1) is 37.5 Å². The number of nitrogens with zero attached hydrogens (tertiary/aromatic N) is 2. The molecule has 0 saturated heterocycles. The van der Waals surface area contributed by atoms with E-state index in [2.05, 4.69) is 10.1 Å². The summed E-state index contributed by atoms with van der Waals surface area (Å²) in [4.78, 5) is 16.2. The molecule has 136 valence electrons. The number of furan rings is 1. The number of fused-ring (bicyclic) bond motifs is 1. The number of hydrogen-bond acceptors (Lipinski definition) is 8. The Morgan fingerprint density at radius 2 is 2.00 bits per heavy atom. The summed E-state index contributed by atoms with van der Waals surface area (Å²) in [6.07, 6.45) is 1.46. The second-order valence-electron chi connectivity index (χ2n) is 5.60. The molecule has 1 aromatic carbocycles. The highest BCUT2D eigenvalue weighted by atomic mass is 16.5. The van der Waals surface area contributed by atoms with E-state index >= 15 is 0 Å². The third-order valence-corrected chi connectivity index (χ3v) is 4.11. The molecule has 0 aliphatic heterocycles. The second-order valence-corrected chi connectivity index (χ2v) is 5.60. The molecule has 4 aromatic rings. The molecular weight excluding hydrogens is 352 g/mol. The van der Waals surface area contributed by atoms with Gasteiger partial charge >= 0.3 is 0 Å². The molecule has 0 spiro atoms. The van der Waals surface area contributed by atoms with Crippen LogP contribution in [0.25, 0.3) is 33.8 Å². The van der Waals surface area contributed by atoms with E-state index in [-0.39, 0.29) is 22.4 Å². The lowest BCUT2D eigenvalue weighted by Crippen LogP contribution is -2.22. The minimum atomic E-state index is -1.38. The van der Waals surface area contributed by atoms with Crippen LogP contribution in [0.2, 0.25) is 0 Å². The minimum Gasteiger partial charge on any atom is -0.545 e. The molecule has 0 radical (unpaired) electrons. The molecule has 27 heavy (non-hydrogen) atoms. The standard InChI is InChI=1S/C19H14N2O6/c1-24-10-5-6-11(15(8-10)25-2)13-9-12(19(22)23)16-17(14-4-3-7-26-14)21-27-18(16)20-13/h3-9H,1-2H3,(H,22,23)/p-1. The van der Waals surface area contributed by atoms with E-state index in [0.717, 1.165) is 0 Å². The number of methoxy groups -OCH3 is 2. The van der Waals surface area contributed by atoms with Crippen LogP contribution in [-0.2, 0) is 0 Å². The smallest absolute Gasteiger partial charge is 0.259 e. The summed E-state index contributed by atoms with van der Waals surface area (Å²) in [5.41, 5.74) is 1.09. The van der Waals surface area contributed by atoms with Gasteiger partial charge in [-0.1, -0.05) is 5.16 Å². The van der Waals surface area contributed by atoms with Crippen molar-refractivity contribution < 1.29 is 28.3 Å². The van der Waals surface area contributed by atoms with Crippen LogP contribution in [0.3, 0.4) is 0 Å². The predicted molar refractivity (Wildman–Crippen MR) is 92.4 cm³/mol. The molecule has 3 aromatic heterocycles. The summed E-state index contributed by atoms with van der Waals surface area (Å²) in [5.74, 6) is 0.0489. The van der Waals surface area contributed by atoms with Crippen molar-refractivity contribution in [2.24, 2.45) is 0 Å². The van der Waals surface area contributed by atoms with E-state index in [1.165, 1.54) is 26.5 Å². The van der Waals surface area contributed by atoms with E-state index in [1.54, 1.807) is 30.3 Å². The van der Waals surface area contributed by atoms with Crippen molar-refractivity contribution in [3.63, 3.8) is 0 Å². The first kappa shape index (κ1) is 16.6. The fourth-order valence-electron chi connectivity index (χ4n) is 2.84. The number of aromatic nitrogens is 2. The number of rotatable bonds is 5. The van der Waals surface area contributed by atoms with Gasteiger partial charge in [0, 0.05) is 17.2 Å². The zero-order valence-electron chi connectivity index (χ0n) is 14.4. The van der Waals surface area contributed by atoms with Crippen LogP contribution in [-0.4, -0.2) is 30.3 Å². The number of carbonyl (C=O) groups is 1. The van der Waals surface area contributed by atoms with Crippen LogP contribution in [0.15, 0.2) is 51.6 Å². The van der Waals surface area contributed by atoms with Crippen LogP contribution >= 0.6 is 0 Å². The predicted octanol–water partition coefficient (Wildman–Crippen LogP) is 2.53. The average molecular weight is 365 g/mol. The van der Waals surface area contributed by atoms with E-state index in [0.29, 0.717) is 28.5 Å². The van der Waals surface area contributed by atoms with Crippen LogP contribution in [0.5, 0.6) is 11.5 Å². The maximum absolute atomic E-state index is 11.8. The van der Waals surface area contributed by atoms with Gasteiger partial charge in [-0.15, -0.1) is 0 Å². The van der Waals surface area contributed by atoms with Gasteiger partial charge < -0.3 is 28.3 Å². The maximum Gasteiger partial charge on any atom is 0.259 e. The first-order valence-electron chi connectivity index (χ1n) is 7.90. The highest BCUT2D eigenvalue weighted by molar-refractivity contribution is 6.06. The number of carboxylic acids is 1. The van der Waals surface area contributed by atoms with Gasteiger partial charge in [0.1, 0.15) is 11.5 Å². The molecule has 0 bridgehead atoms. The van der Waals surface area contributed by atoms with Gasteiger partial charge in [-0.25, -0.2) is 4.98 Å². The van der Waals surface area contributed by atoms with Crippen LogP contribution < -0.4 is 14.6 Å². The largest absolute Gasteiger partial charge is 0.545 e. The summed E-state index contributed by atoms with van der Waals surface area (Å²) < 4.78 is 21.1. The van der Waals surface area contributed by atoms with Gasteiger partial charge in [-0.3, -0.25) is 0 Å². The van der Waals surface area contributed by atoms with Crippen LogP contribution in [0.1, 0.15) is 10.4 Å². The zero-order chi connectivity index (χ0) is 19.0. The number of ether oxygens (including phenoxy) is 2. The third kappa shape index (κ3) is 2.77. The highest BCUT2D eigenvalue weighted by Crippen LogP contribution is 2.36. The van der Waals surface area contributed by atoms with Gasteiger partial charge in [-0.05, 0) is 30.3 Å². The Bertz CT molecular complexity index is 1130. The second kappa shape index (κ2) is 6.49. The Balaban J connectivity index is 1.96. The molecule has 0 saturated carbocycles. The van der Waals surface area contributed by atoms with E-state index < -0.39 is 5.97 Å². The molecule has 0 atom stereocenters. The fraction of sp³-hybridized carbons (Fsp3) is 0.105. The molecule has 8 heteroatoms. The lowest BCUT2D eigenvalue weighted by molar-refractivity contribution is -0.254. The third-order valence-electron chi connectivity index (χ3n) is 4.11. The average Bonchev–Trinajstić information content (AvgIpc) is 3.35. The van der Waals surface area contributed by atoms with Crippen LogP contribution in [0, 0.1) is 0 Å². The van der Waals surface area contributed by atoms with Gasteiger partial charge in [0.25, 0.3) is 5.71 Å². The van der Waals surface area contributed by atoms with Crippen molar-refractivity contribution in [1.29, 1.82) is 0 Å². The van der Waals surface area contributed by atoms with E-state index in [9.17, 15) is 9.90 Å². The lowest BCUT2D eigenvalue weighted by atomic mass is 10.0. The molecule has 0 aliphatic rings. The molecule has 0 N–H and O–H groups in total. The molecule has 0 fully saturated rings. The SMILES string of the molecule is COc1ccc(-c2cc(C(=O)[O-])c3c(-c4ccco4)noc3n2)c(OC)c1. The summed E-state index contributed by atoms with van der Waals surface area (Å²) in [6, 6.07) is 9.82. The van der Waals surface area contributed by atoms with Crippen molar-refractivity contribution in [3.8, 4) is 34.2 Å². The van der Waals surface area contributed by atoms with Crippen molar-refractivity contribution in [2.75, 3.05) is 14.2 Å². The van der Waals surface area contributed by atoms with Crippen LogP contribution in [0.4, 0.5) is 0 Å². The van der Waals surface area contributed by atoms with E-state index in [4.69, 9.17) is 18.4 Å². The topological polar surface area (TPSA) is 111 Å². The Morgan fingerprint density at radius 3 is 2.67 bits per heavy atom. The zero-order valence-corrected chi connectivity index (χ0v) is 14.4. The Morgan fingerprint density at radius 1 is 1.15 bits per heavy atom. The normalized spacial score (nSPS) is 10.9. The summed E-state index contributed by atoms with van der Waals surface area (Å²) in [5, 5.41) is 15.9. The van der Waals surface area contributed by atoms with Gasteiger partial charge in [0.15, 0.2) is 11.5 Å². The number of carbonyl (C=O) groups excluding carboxylic acids is 1. The Labute approximate surface area is 152 Å². The van der Waals surface area contributed by atoms with Crippen molar-refractivity contribution >= 4 is 17.1 Å². The first-order chi connectivity index (χ1) is 13.1. The number of benzene rings is 1. The van der Waals surface area contributed by atoms with Crippen molar-refractivity contribution in [3.05, 3.63) is 48.2 Å². The molecule has 4 rings (SSSR count). The number of pyridine rings is 1. The molecule has 0 amide bonds. The summed E-state index contributed by atoms with van der Waals surface area (Å²) in [6.45, 7) is 0. The Hall–Kier alpha value is -3.81. The first-order valence-corrected chi connectivity index (χ1v) is 7.90. The highest BCUT2D eigenvalue weighted by Gasteiger charge is 2.21. The number of hydrogen-bond donors (Lipinski definition) is 0. The van der Waals surface area contributed by atoms with E-state index in [1.807, 2.05) is 0 Å². The Kier molecular flexibility index (Phi) is 4.00. The van der Waals surface area contributed by atoms with Gasteiger partial charge in [-0.2, -0.15) is 0 Å². The van der Waals surface area contributed by atoms with Crippen molar-refractivity contribution in [2.45, 2.75) is 0 Å². The molecule has 3 heterocycles. The number of aromatic carboxylic acids is 1. The quantitative estimate of drug-likeness (QED) is 0.530. The molecular formula is C19H13N2O6-. The number of carboxylic acid groups (broad SMARTS) is 1. The van der Waals surface area contributed by atoms with Gasteiger partial charge in [0.2, 0.25) is 0 Å². The molecule has 0 unspecified atom stereocenters. The summed E-state index contributed by atoms with van der Waals surface area (Å²) in [7, 11) is 3.04. The van der Waals surface area contributed by atoms with Crippen molar-refractivity contribution in [1.82, 2.24) is 10.1 Å². The summed E-state index contributed by atoms with van der Waals surface area (Å²) >= 11 is 0. The molecule has 0 aliphatic carbocycles. The molecule has 8 nitrogen and oxygen atoms in total. The lowest BCUT2D eigenvalue weighted by Gasteiger charge is -2.12.